The molecule has 0 saturated carbocycles. The summed E-state index contributed by atoms with van der Waals surface area (Å²) in [6.45, 7) is 1.85. The molecule has 196 valence electrons. The second-order valence-corrected chi connectivity index (χ2v) is 10.9. The molecule has 0 aliphatic rings. The van der Waals surface area contributed by atoms with Crippen LogP contribution in [-0.4, -0.2) is 26.9 Å². The van der Waals surface area contributed by atoms with E-state index in [1.807, 2.05) is 6.92 Å². The highest BCUT2D eigenvalue weighted by molar-refractivity contribution is 9.10. The maximum atomic E-state index is 13.8. The maximum Gasteiger partial charge on any atom is 0.275 e. The summed E-state index contributed by atoms with van der Waals surface area (Å²) >= 11 is 3.02. The number of nitrogens with zero attached hydrogens (tertiary/aromatic N) is 4. The number of hydrogen-bond donors (Lipinski definition) is 2. The van der Waals surface area contributed by atoms with Gasteiger partial charge in [0.05, 0.1) is 21.8 Å². The Hall–Kier alpha value is -4.10. The third kappa shape index (κ3) is 5.15. The van der Waals surface area contributed by atoms with Crippen LogP contribution < -0.4 is 17.0 Å². The standard InChI is InChI=1S/C20H17FN4O3S.C5H4BrFN2/c1-12-3-5-14(6-4-12)29(27,28)25-8-7-15-17(11-24(2)20(26)18(15)25)16-9-13(21)10-23-19(16)22;6-4-1-3(7)2-9-5(4)8/h3-11H,1-2H3,(H2,22,23);1-2H,(H2,8,9). The van der Waals surface area contributed by atoms with Gasteiger partial charge in [-0.25, -0.2) is 31.1 Å². The minimum atomic E-state index is -4.01. The second kappa shape index (κ2) is 10.3. The molecule has 0 radical (unpaired) electrons. The number of pyridine rings is 3. The lowest BCUT2D eigenvalue weighted by atomic mass is 10.0. The Morgan fingerprint density at radius 2 is 1.53 bits per heavy atom. The number of aryl methyl sites for hydroxylation is 2. The minimum absolute atomic E-state index is 0.0470. The number of rotatable bonds is 3. The molecule has 5 aromatic rings. The third-order valence-corrected chi connectivity index (χ3v) is 7.90. The molecule has 5 rings (SSSR count). The van der Waals surface area contributed by atoms with Gasteiger partial charge in [0.1, 0.15) is 28.8 Å². The Kier molecular flexibility index (Phi) is 7.33. The van der Waals surface area contributed by atoms with Crippen molar-refractivity contribution in [3.63, 3.8) is 0 Å². The van der Waals surface area contributed by atoms with Gasteiger partial charge in [0, 0.05) is 36.0 Å². The average molecular weight is 603 g/mol. The number of benzene rings is 1. The summed E-state index contributed by atoms with van der Waals surface area (Å²) < 4.78 is 55.0. The largest absolute Gasteiger partial charge is 0.383 e. The van der Waals surface area contributed by atoms with Crippen LogP contribution in [0.3, 0.4) is 0 Å². The van der Waals surface area contributed by atoms with Gasteiger partial charge in [0.15, 0.2) is 0 Å². The van der Waals surface area contributed by atoms with Crippen LogP contribution >= 0.6 is 15.9 Å². The molecule has 13 heteroatoms. The zero-order valence-corrected chi connectivity index (χ0v) is 22.5. The number of anilines is 2. The van der Waals surface area contributed by atoms with Gasteiger partial charge >= 0.3 is 0 Å². The van der Waals surface area contributed by atoms with E-state index in [9.17, 15) is 22.0 Å². The molecule has 0 unspecified atom stereocenters. The molecule has 0 bridgehead atoms. The van der Waals surface area contributed by atoms with Crippen LogP contribution in [0, 0.1) is 18.6 Å². The number of nitrogens with two attached hydrogens (primary N) is 2. The third-order valence-electron chi connectivity index (χ3n) is 5.58. The summed E-state index contributed by atoms with van der Waals surface area (Å²) in [6.07, 6.45) is 4.86. The van der Waals surface area contributed by atoms with E-state index >= 15 is 0 Å². The quantitative estimate of drug-likeness (QED) is 0.315. The summed E-state index contributed by atoms with van der Waals surface area (Å²) in [6, 6.07) is 10.3. The molecule has 38 heavy (non-hydrogen) atoms. The van der Waals surface area contributed by atoms with Gasteiger partial charge in [0.2, 0.25) is 0 Å². The molecule has 0 saturated heterocycles. The first-order chi connectivity index (χ1) is 17.9. The Balaban J connectivity index is 0.000000317. The van der Waals surface area contributed by atoms with Crippen molar-refractivity contribution >= 4 is 48.5 Å². The zero-order chi connectivity index (χ0) is 27.8. The highest BCUT2D eigenvalue weighted by Crippen LogP contribution is 2.32. The van der Waals surface area contributed by atoms with Crippen LogP contribution in [-0.2, 0) is 17.1 Å². The number of aromatic nitrogens is 4. The number of nitrogen functional groups attached to an aromatic ring is 2. The summed E-state index contributed by atoms with van der Waals surface area (Å²) in [7, 11) is -2.52. The van der Waals surface area contributed by atoms with Gasteiger partial charge in [0.25, 0.3) is 15.6 Å². The Labute approximate surface area is 224 Å². The van der Waals surface area contributed by atoms with Gasteiger partial charge in [-0.2, -0.15) is 0 Å². The lowest BCUT2D eigenvalue weighted by Crippen LogP contribution is -2.22. The van der Waals surface area contributed by atoms with E-state index in [4.69, 9.17) is 11.5 Å². The van der Waals surface area contributed by atoms with E-state index in [0.29, 0.717) is 21.2 Å². The van der Waals surface area contributed by atoms with Crippen LogP contribution in [0.4, 0.5) is 20.4 Å². The number of hydrogen-bond acceptors (Lipinski definition) is 7. The molecule has 0 fully saturated rings. The van der Waals surface area contributed by atoms with Crippen LogP contribution in [0.2, 0.25) is 0 Å². The zero-order valence-electron chi connectivity index (χ0n) is 20.1. The first-order valence-corrected chi connectivity index (χ1v) is 13.1. The lowest BCUT2D eigenvalue weighted by Gasteiger charge is -2.11. The minimum Gasteiger partial charge on any atom is -0.383 e. The Bertz CT molecular complexity index is 1840. The lowest BCUT2D eigenvalue weighted by molar-refractivity contribution is 0.589. The van der Waals surface area contributed by atoms with Gasteiger partial charge in [-0.1, -0.05) is 17.7 Å². The number of fused-ring (bicyclic) bond motifs is 1. The molecule has 0 aliphatic carbocycles. The van der Waals surface area contributed by atoms with Crippen molar-refractivity contribution in [2.24, 2.45) is 7.05 Å². The molecule has 1 aromatic carbocycles. The van der Waals surface area contributed by atoms with Crippen molar-refractivity contribution in [3.8, 4) is 11.1 Å². The van der Waals surface area contributed by atoms with E-state index in [-0.39, 0.29) is 21.8 Å². The first-order valence-electron chi connectivity index (χ1n) is 10.9. The Morgan fingerprint density at radius 1 is 0.921 bits per heavy atom. The molecule has 4 aromatic heterocycles. The molecule has 0 amide bonds. The molecular formula is C25H21BrF2N6O3S. The summed E-state index contributed by atoms with van der Waals surface area (Å²) in [5, 5.41) is 0.336. The topological polar surface area (TPSA) is 139 Å². The molecule has 4 N–H and O–H groups in total. The van der Waals surface area contributed by atoms with Gasteiger partial charge in [-0.3, -0.25) is 4.79 Å². The molecule has 9 nitrogen and oxygen atoms in total. The maximum absolute atomic E-state index is 13.8. The van der Waals surface area contributed by atoms with Crippen molar-refractivity contribution in [2.45, 2.75) is 11.8 Å². The fourth-order valence-corrected chi connectivity index (χ4v) is 5.33. The van der Waals surface area contributed by atoms with E-state index in [1.165, 1.54) is 54.3 Å². The van der Waals surface area contributed by atoms with Crippen LogP contribution in [0.15, 0.2) is 81.4 Å². The van der Waals surface area contributed by atoms with Gasteiger partial charge in [-0.15, -0.1) is 0 Å². The van der Waals surface area contributed by atoms with Crippen molar-refractivity contribution < 1.29 is 17.2 Å². The van der Waals surface area contributed by atoms with Crippen molar-refractivity contribution in [1.29, 1.82) is 0 Å². The van der Waals surface area contributed by atoms with Gasteiger partial charge in [-0.05, 0) is 53.2 Å². The van der Waals surface area contributed by atoms with Crippen LogP contribution in [0.25, 0.3) is 22.0 Å². The summed E-state index contributed by atoms with van der Waals surface area (Å²) in [5.41, 5.74) is 12.2. The molecule has 0 spiro atoms. The second-order valence-electron chi connectivity index (χ2n) is 8.26. The Morgan fingerprint density at radius 3 is 2.13 bits per heavy atom. The monoisotopic (exact) mass is 602 g/mol. The van der Waals surface area contributed by atoms with Crippen molar-refractivity contribution in [1.82, 2.24) is 18.5 Å². The molecule has 0 atom stereocenters. The predicted molar refractivity (Wildman–Crippen MR) is 145 cm³/mol. The van der Waals surface area contributed by atoms with Gasteiger partial charge < -0.3 is 16.0 Å². The first kappa shape index (κ1) is 26.9. The highest BCUT2D eigenvalue weighted by Gasteiger charge is 2.23. The molecule has 0 aliphatic heterocycles. The fourth-order valence-electron chi connectivity index (χ4n) is 3.66. The van der Waals surface area contributed by atoms with E-state index in [2.05, 4.69) is 25.9 Å². The van der Waals surface area contributed by atoms with Crippen molar-refractivity contribution in [2.75, 3.05) is 11.5 Å². The smallest absolute Gasteiger partial charge is 0.275 e. The summed E-state index contributed by atoms with van der Waals surface area (Å²) in [4.78, 5) is 20.2. The normalized spacial score (nSPS) is 11.3. The van der Waals surface area contributed by atoms with E-state index in [1.54, 1.807) is 12.1 Å². The molecular weight excluding hydrogens is 582 g/mol. The van der Waals surface area contributed by atoms with Crippen LogP contribution in [0.5, 0.6) is 0 Å². The predicted octanol–water partition coefficient (Wildman–Crippen LogP) is 4.23. The highest BCUT2D eigenvalue weighted by atomic mass is 79.9. The van der Waals surface area contributed by atoms with E-state index < -0.39 is 27.2 Å². The SMILES string of the molecule is Cc1ccc(S(=O)(=O)n2ccc3c(-c4cc(F)cnc4N)cn(C)c(=O)c32)cc1.Nc1ncc(F)cc1Br. The summed E-state index contributed by atoms with van der Waals surface area (Å²) in [5.74, 6) is -0.615. The van der Waals surface area contributed by atoms with Crippen LogP contribution in [0.1, 0.15) is 5.56 Å². The van der Waals surface area contributed by atoms with E-state index in [0.717, 1.165) is 21.9 Å². The number of halogens is 3. The average Bonchev–Trinajstić information content (AvgIpc) is 3.33. The van der Waals surface area contributed by atoms with Crippen molar-refractivity contribution in [3.05, 3.63) is 99.3 Å². The molecule has 4 heterocycles. The fraction of sp³-hybridized carbons (Fsp3) is 0.0800.